The maximum atomic E-state index is 12.9. The maximum absolute atomic E-state index is 12.9. The van der Waals surface area contributed by atoms with Crippen molar-refractivity contribution in [1.82, 2.24) is 0 Å². The number of methoxy groups -OCH3 is 2. The van der Waals surface area contributed by atoms with Crippen molar-refractivity contribution in [2.45, 2.75) is 19.0 Å². The number of anilines is 1. The van der Waals surface area contributed by atoms with Gasteiger partial charge >= 0.3 is 0 Å². The summed E-state index contributed by atoms with van der Waals surface area (Å²) < 4.78 is 10.6. The number of quaternary nitrogens is 1. The molecule has 29 heavy (non-hydrogen) atoms. The second-order valence-corrected chi connectivity index (χ2v) is 6.84. The van der Waals surface area contributed by atoms with Gasteiger partial charge in [-0.05, 0) is 19.1 Å². The number of rotatable bonds is 8. The van der Waals surface area contributed by atoms with Gasteiger partial charge in [-0.1, -0.05) is 60.7 Å². The molecule has 0 spiro atoms. The van der Waals surface area contributed by atoms with E-state index in [-0.39, 0.29) is 18.0 Å². The molecule has 0 aromatic heterocycles. The molecule has 0 aliphatic carbocycles. The fourth-order valence-electron chi connectivity index (χ4n) is 3.28. The van der Waals surface area contributed by atoms with Crippen LogP contribution in [0, 0.1) is 0 Å². The lowest BCUT2D eigenvalue weighted by atomic mass is 9.98. The number of nitrogens with one attached hydrogen (secondary N) is 1. The van der Waals surface area contributed by atoms with E-state index in [4.69, 9.17) is 9.47 Å². The SMILES string of the molecule is COc1ccc(NC(=O)[C@H](C)[NH2+]C(c2ccccc2)c2ccccc2)cc1OC. The zero-order valence-electron chi connectivity index (χ0n) is 17.0. The summed E-state index contributed by atoms with van der Waals surface area (Å²) in [7, 11) is 3.16. The molecule has 3 rings (SSSR count). The van der Waals surface area contributed by atoms with Crippen LogP contribution in [0.25, 0.3) is 0 Å². The molecule has 0 unspecified atom stereocenters. The first-order valence-electron chi connectivity index (χ1n) is 9.60. The van der Waals surface area contributed by atoms with Crippen molar-refractivity contribution in [1.29, 1.82) is 0 Å². The van der Waals surface area contributed by atoms with E-state index in [1.807, 2.05) is 43.3 Å². The van der Waals surface area contributed by atoms with Gasteiger partial charge in [0.25, 0.3) is 5.91 Å². The van der Waals surface area contributed by atoms with Crippen LogP contribution in [0.1, 0.15) is 24.1 Å². The summed E-state index contributed by atoms with van der Waals surface area (Å²) in [6.45, 7) is 1.91. The molecule has 1 atom stereocenters. The average Bonchev–Trinajstić information content (AvgIpc) is 2.78. The third-order valence-corrected chi connectivity index (χ3v) is 4.86. The molecule has 0 bridgehead atoms. The van der Waals surface area contributed by atoms with Crippen LogP contribution in [0.2, 0.25) is 0 Å². The van der Waals surface area contributed by atoms with E-state index < -0.39 is 0 Å². The molecule has 5 heteroatoms. The zero-order valence-corrected chi connectivity index (χ0v) is 17.0. The molecule has 150 valence electrons. The Balaban J connectivity index is 1.76. The van der Waals surface area contributed by atoms with Gasteiger partial charge in [0.1, 0.15) is 6.04 Å². The zero-order chi connectivity index (χ0) is 20.6. The molecule has 0 radical (unpaired) electrons. The van der Waals surface area contributed by atoms with Gasteiger partial charge in [-0.2, -0.15) is 0 Å². The molecule has 0 saturated heterocycles. The highest BCUT2D eigenvalue weighted by Gasteiger charge is 2.25. The molecule has 3 aromatic carbocycles. The predicted molar refractivity (Wildman–Crippen MR) is 114 cm³/mol. The molecule has 1 amide bonds. The first-order chi connectivity index (χ1) is 14.1. The molecular formula is C24H27N2O3+. The van der Waals surface area contributed by atoms with Crippen molar-refractivity contribution < 1.29 is 19.6 Å². The molecule has 0 heterocycles. The largest absolute Gasteiger partial charge is 0.493 e. The van der Waals surface area contributed by atoms with Crippen LogP contribution in [0.15, 0.2) is 78.9 Å². The molecular weight excluding hydrogens is 364 g/mol. The molecule has 0 fully saturated rings. The smallest absolute Gasteiger partial charge is 0.282 e. The van der Waals surface area contributed by atoms with E-state index in [2.05, 4.69) is 34.9 Å². The van der Waals surface area contributed by atoms with Crippen LogP contribution in [0.5, 0.6) is 11.5 Å². The third kappa shape index (κ3) is 5.15. The second kappa shape index (κ2) is 9.75. The number of hydrogen-bond donors (Lipinski definition) is 2. The third-order valence-electron chi connectivity index (χ3n) is 4.86. The predicted octanol–water partition coefficient (Wildman–Crippen LogP) is 3.38. The van der Waals surface area contributed by atoms with E-state index >= 15 is 0 Å². The van der Waals surface area contributed by atoms with E-state index in [1.54, 1.807) is 32.4 Å². The Hall–Kier alpha value is -3.31. The summed E-state index contributed by atoms with van der Waals surface area (Å²) in [4.78, 5) is 12.9. The Morgan fingerprint density at radius 1 is 0.828 bits per heavy atom. The topological polar surface area (TPSA) is 64.2 Å². The number of hydrogen-bond acceptors (Lipinski definition) is 3. The molecule has 5 nitrogen and oxygen atoms in total. The average molecular weight is 391 g/mol. The Kier molecular flexibility index (Phi) is 6.87. The molecule has 3 aromatic rings. The number of carbonyl (C=O) groups is 1. The van der Waals surface area contributed by atoms with Crippen molar-refractivity contribution in [3.63, 3.8) is 0 Å². The van der Waals surface area contributed by atoms with E-state index in [0.29, 0.717) is 17.2 Å². The molecule has 0 aliphatic heterocycles. The van der Waals surface area contributed by atoms with Gasteiger partial charge in [0.15, 0.2) is 17.5 Å². The van der Waals surface area contributed by atoms with Crippen molar-refractivity contribution in [2.75, 3.05) is 19.5 Å². The highest BCUT2D eigenvalue weighted by Crippen LogP contribution is 2.29. The van der Waals surface area contributed by atoms with Crippen LogP contribution in [0.4, 0.5) is 5.69 Å². The van der Waals surface area contributed by atoms with Gasteiger partial charge in [-0.3, -0.25) is 4.79 Å². The summed E-state index contributed by atoms with van der Waals surface area (Å²) in [5, 5.41) is 5.05. The van der Waals surface area contributed by atoms with Gasteiger partial charge in [0.05, 0.1) is 14.2 Å². The Bertz CT molecular complexity index is 890. The first kappa shape index (κ1) is 20.4. The highest BCUT2D eigenvalue weighted by atomic mass is 16.5. The number of amides is 1. The summed E-state index contributed by atoms with van der Waals surface area (Å²) in [6, 6.07) is 25.5. The minimum atomic E-state index is -0.298. The quantitative estimate of drug-likeness (QED) is 0.619. The van der Waals surface area contributed by atoms with Crippen molar-refractivity contribution >= 4 is 11.6 Å². The maximum Gasteiger partial charge on any atom is 0.282 e. The fourth-order valence-corrected chi connectivity index (χ4v) is 3.28. The minimum absolute atomic E-state index is 0.0311. The van der Waals surface area contributed by atoms with Gasteiger partial charge in [-0.15, -0.1) is 0 Å². The number of benzene rings is 3. The number of nitrogens with two attached hydrogens (primary N) is 1. The van der Waals surface area contributed by atoms with E-state index in [0.717, 1.165) is 11.1 Å². The van der Waals surface area contributed by atoms with Crippen LogP contribution in [0.3, 0.4) is 0 Å². The monoisotopic (exact) mass is 391 g/mol. The minimum Gasteiger partial charge on any atom is -0.493 e. The Labute approximate surface area is 171 Å². The first-order valence-corrected chi connectivity index (χ1v) is 9.60. The summed E-state index contributed by atoms with van der Waals surface area (Å²) in [5.74, 6) is 1.13. The summed E-state index contributed by atoms with van der Waals surface area (Å²) >= 11 is 0. The van der Waals surface area contributed by atoms with Gasteiger partial charge in [-0.25, -0.2) is 0 Å². The van der Waals surface area contributed by atoms with Gasteiger partial charge < -0.3 is 20.1 Å². The lowest BCUT2D eigenvalue weighted by Gasteiger charge is -2.21. The Morgan fingerprint density at radius 2 is 1.38 bits per heavy atom. The van der Waals surface area contributed by atoms with Gasteiger partial charge in [0, 0.05) is 22.9 Å². The van der Waals surface area contributed by atoms with Crippen molar-refractivity contribution in [3.8, 4) is 11.5 Å². The van der Waals surface area contributed by atoms with E-state index in [9.17, 15) is 4.79 Å². The highest BCUT2D eigenvalue weighted by molar-refractivity contribution is 5.93. The second-order valence-electron chi connectivity index (χ2n) is 6.84. The van der Waals surface area contributed by atoms with Crippen LogP contribution >= 0.6 is 0 Å². The van der Waals surface area contributed by atoms with Crippen LogP contribution in [-0.2, 0) is 4.79 Å². The Morgan fingerprint density at radius 3 is 1.90 bits per heavy atom. The van der Waals surface area contributed by atoms with Crippen LogP contribution < -0.4 is 20.1 Å². The molecule has 0 aliphatic rings. The molecule has 3 N–H and O–H groups in total. The van der Waals surface area contributed by atoms with Crippen LogP contribution in [-0.4, -0.2) is 26.2 Å². The normalized spacial score (nSPS) is 11.7. The standard InChI is InChI=1S/C24H26N2O3/c1-17(24(27)26-20-14-15-21(28-2)22(16-20)29-3)25-23(18-10-6-4-7-11-18)19-12-8-5-9-13-19/h4-17,23,25H,1-3H3,(H,26,27)/p+1/t17-/m0/s1. The van der Waals surface area contributed by atoms with Crippen molar-refractivity contribution in [2.24, 2.45) is 0 Å². The lowest BCUT2D eigenvalue weighted by Crippen LogP contribution is -2.92. The van der Waals surface area contributed by atoms with Crippen molar-refractivity contribution in [3.05, 3.63) is 90.0 Å². The van der Waals surface area contributed by atoms with Gasteiger partial charge in [0.2, 0.25) is 0 Å². The fraction of sp³-hybridized carbons (Fsp3) is 0.208. The number of carbonyl (C=O) groups excluding carboxylic acids is 1. The number of ether oxygens (including phenoxy) is 2. The summed E-state index contributed by atoms with van der Waals surface area (Å²) in [5.41, 5.74) is 2.98. The lowest BCUT2D eigenvalue weighted by molar-refractivity contribution is -0.704. The summed E-state index contributed by atoms with van der Waals surface area (Å²) in [6.07, 6.45) is 0. The van der Waals surface area contributed by atoms with E-state index in [1.165, 1.54) is 0 Å². The molecule has 0 saturated carbocycles.